The minimum Gasteiger partial charge on any atom is -0.325 e. The lowest BCUT2D eigenvalue weighted by molar-refractivity contribution is 0.262. The molecule has 2 heteroatoms. The van der Waals surface area contributed by atoms with Crippen molar-refractivity contribution in [3.8, 4) is 0 Å². The summed E-state index contributed by atoms with van der Waals surface area (Å²) < 4.78 is 0.806. The van der Waals surface area contributed by atoms with E-state index in [4.69, 9.17) is 5.73 Å². The number of nitrogens with two attached hydrogens (primary N) is 1. The van der Waals surface area contributed by atoms with Gasteiger partial charge >= 0.3 is 0 Å². The Balaban J connectivity index is 2.62. The molecule has 0 aromatic heterocycles. The van der Waals surface area contributed by atoms with Gasteiger partial charge in [-0.05, 0) is 38.0 Å². The maximum Gasteiger partial charge on any atom is 0.0161 e. The largest absolute Gasteiger partial charge is 0.325 e. The Morgan fingerprint density at radius 2 is 1.92 bits per heavy atom. The van der Waals surface area contributed by atoms with Crippen LogP contribution in [0.25, 0.3) is 0 Å². The van der Waals surface area contributed by atoms with Crippen molar-refractivity contribution in [2.45, 2.75) is 55.9 Å². The van der Waals surface area contributed by atoms with E-state index in [9.17, 15) is 0 Å². The van der Waals surface area contributed by atoms with Crippen LogP contribution in [0.15, 0.2) is 0 Å². The third-order valence-electron chi connectivity index (χ3n) is 3.28. The van der Waals surface area contributed by atoms with Crippen LogP contribution in [0, 0.1) is 11.8 Å². The van der Waals surface area contributed by atoms with Crippen LogP contribution in [-0.2, 0) is 0 Å². The smallest absolute Gasteiger partial charge is 0.0161 e. The van der Waals surface area contributed by atoms with Crippen LogP contribution in [0.4, 0.5) is 0 Å². The Kier molecular flexibility index (Phi) is 4.05. The molecular formula is C11H22IN. The first kappa shape index (κ1) is 11.8. The van der Waals surface area contributed by atoms with E-state index in [0.717, 1.165) is 15.8 Å². The molecule has 1 aliphatic carbocycles. The molecule has 0 amide bonds. The first-order valence-electron chi connectivity index (χ1n) is 5.35. The monoisotopic (exact) mass is 295 g/mol. The Bertz CT molecular complexity index is 167. The Hall–Kier alpha value is 0.690. The number of hydrogen-bond acceptors (Lipinski definition) is 1. The second kappa shape index (κ2) is 4.47. The SMILES string of the molecule is C[C@@H]1CCC[C@@](C)(N)C[C@@H](C)[C@H]1I. The molecule has 0 unspecified atom stereocenters. The maximum absolute atomic E-state index is 6.24. The molecule has 0 radical (unpaired) electrons. The average Bonchev–Trinajstić information content (AvgIpc) is 2.00. The summed E-state index contributed by atoms with van der Waals surface area (Å²) >= 11 is 2.61. The van der Waals surface area contributed by atoms with Gasteiger partial charge in [0.15, 0.2) is 0 Å². The zero-order valence-corrected chi connectivity index (χ0v) is 11.2. The zero-order chi connectivity index (χ0) is 10.1. The van der Waals surface area contributed by atoms with Crippen LogP contribution in [0.1, 0.15) is 46.5 Å². The Morgan fingerprint density at radius 1 is 1.31 bits per heavy atom. The van der Waals surface area contributed by atoms with Gasteiger partial charge in [0.2, 0.25) is 0 Å². The van der Waals surface area contributed by atoms with E-state index in [-0.39, 0.29) is 5.54 Å². The summed E-state index contributed by atoms with van der Waals surface area (Å²) in [6.45, 7) is 6.94. The van der Waals surface area contributed by atoms with Gasteiger partial charge in [-0.15, -0.1) is 0 Å². The van der Waals surface area contributed by atoms with Crippen LogP contribution < -0.4 is 5.73 Å². The van der Waals surface area contributed by atoms with Gasteiger partial charge in [0.1, 0.15) is 0 Å². The summed E-state index contributed by atoms with van der Waals surface area (Å²) in [6, 6.07) is 0. The first-order chi connectivity index (χ1) is 5.92. The summed E-state index contributed by atoms with van der Waals surface area (Å²) in [5.74, 6) is 1.64. The number of hydrogen-bond donors (Lipinski definition) is 1. The second-order valence-corrected chi connectivity index (χ2v) is 6.59. The Morgan fingerprint density at radius 3 is 2.54 bits per heavy atom. The van der Waals surface area contributed by atoms with Gasteiger partial charge < -0.3 is 5.73 Å². The van der Waals surface area contributed by atoms with Crippen molar-refractivity contribution >= 4 is 22.6 Å². The normalized spacial score (nSPS) is 48.2. The summed E-state index contributed by atoms with van der Waals surface area (Å²) in [5.41, 5.74) is 6.33. The third-order valence-corrected chi connectivity index (χ3v) is 5.74. The summed E-state index contributed by atoms with van der Waals surface area (Å²) in [7, 11) is 0. The van der Waals surface area contributed by atoms with Gasteiger partial charge in [-0.3, -0.25) is 0 Å². The van der Waals surface area contributed by atoms with Gasteiger partial charge in [0.05, 0.1) is 0 Å². The van der Waals surface area contributed by atoms with Crippen molar-refractivity contribution in [3.05, 3.63) is 0 Å². The molecule has 4 atom stereocenters. The van der Waals surface area contributed by atoms with E-state index in [2.05, 4.69) is 43.4 Å². The highest BCUT2D eigenvalue weighted by atomic mass is 127. The summed E-state index contributed by atoms with van der Waals surface area (Å²) in [4.78, 5) is 0. The molecule has 1 saturated carbocycles. The third kappa shape index (κ3) is 3.39. The number of alkyl halides is 1. The molecule has 0 heterocycles. The second-order valence-electron chi connectivity index (χ2n) is 5.15. The van der Waals surface area contributed by atoms with Crippen LogP contribution in [0.2, 0.25) is 0 Å². The van der Waals surface area contributed by atoms with E-state index >= 15 is 0 Å². The predicted molar refractivity (Wildman–Crippen MR) is 67.2 cm³/mol. The highest BCUT2D eigenvalue weighted by Crippen LogP contribution is 2.35. The van der Waals surface area contributed by atoms with E-state index in [1.165, 1.54) is 25.7 Å². The number of halogens is 1. The van der Waals surface area contributed by atoms with Crippen molar-refractivity contribution in [2.24, 2.45) is 17.6 Å². The van der Waals surface area contributed by atoms with Crippen molar-refractivity contribution in [3.63, 3.8) is 0 Å². The van der Waals surface area contributed by atoms with Gasteiger partial charge in [-0.25, -0.2) is 0 Å². The molecule has 1 aliphatic rings. The molecule has 0 aromatic rings. The highest BCUT2D eigenvalue weighted by Gasteiger charge is 2.30. The molecule has 0 aromatic carbocycles. The van der Waals surface area contributed by atoms with E-state index in [0.29, 0.717) is 0 Å². The molecule has 0 bridgehead atoms. The van der Waals surface area contributed by atoms with E-state index < -0.39 is 0 Å². The molecule has 0 aliphatic heterocycles. The maximum atomic E-state index is 6.24. The first-order valence-corrected chi connectivity index (χ1v) is 6.60. The molecule has 13 heavy (non-hydrogen) atoms. The van der Waals surface area contributed by atoms with E-state index in [1.54, 1.807) is 0 Å². The van der Waals surface area contributed by atoms with Gasteiger partial charge in [-0.2, -0.15) is 0 Å². The number of rotatable bonds is 0. The van der Waals surface area contributed by atoms with E-state index in [1.807, 2.05) is 0 Å². The summed E-state index contributed by atoms with van der Waals surface area (Å²) in [6.07, 6.45) is 5.04. The molecule has 2 N–H and O–H groups in total. The van der Waals surface area contributed by atoms with Crippen molar-refractivity contribution in [2.75, 3.05) is 0 Å². The van der Waals surface area contributed by atoms with Crippen molar-refractivity contribution in [1.29, 1.82) is 0 Å². The van der Waals surface area contributed by atoms with Gasteiger partial charge in [0, 0.05) is 9.46 Å². The standard InChI is InChI=1S/C11H22IN/c1-8-5-4-6-11(3,13)7-9(2)10(8)12/h8-10H,4-7,13H2,1-3H3/t8-,9-,10+,11-/m1/s1. The summed E-state index contributed by atoms with van der Waals surface area (Å²) in [5, 5.41) is 0. The minimum atomic E-state index is 0.0863. The fraction of sp³-hybridized carbons (Fsp3) is 1.00. The van der Waals surface area contributed by atoms with Crippen LogP contribution in [0.5, 0.6) is 0 Å². The van der Waals surface area contributed by atoms with Crippen molar-refractivity contribution in [1.82, 2.24) is 0 Å². The van der Waals surface area contributed by atoms with Crippen LogP contribution >= 0.6 is 22.6 Å². The lowest BCUT2D eigenvalue weighted by Gasteiger charge is -2.35. The quantitative estimate of drug-likeness (QED) is 0.538. The lowest BCUT2D eigenvalue weighted by Crippen LogP contribution is -2.41. The lowest BCUT2D eigenvalue weighted by atomic mass is 9.78. The van der Waals surface area contributed by atoms with Gasteiger partial charge in [0.25, 0.3) is 0 Å². The Labute approximate surface area is 96.0 Å². The minimum absolute atomic E-state index is 0.0863. The molecule has 0 saturated heterocycles. The molecule has 1 rings (SSSR count). The van der Waals surface area contributed by atoms with Crippen LogP contribution in [0.3, 0.4) is 0 Å². The fourth-order valence-corrected chi connectivity index (χ4v) is 3.11. The predicted octanol–water partition coefficient (Wildman–Crippen LogP) is 3.35. The van der Waals surface area contributed by atoms with Crippen LogP contribution in [-0.4, -0.2) is 9.46 Å². The average molecular weight is 295 g/mol. The molecule has 1 fully saturated rings. The van der Waals surface area contributed by atoms with Crippen molar-refractivity contribution < 1.29 is 0 Å². The molecule has 1 nitrogen and oxygen atoms in total. The topological polar surface area (TPSA) is 26.0 Å². The molecule has 0 spiro atoms. The fourth-order valence-electron chi connectivity index (χ4n) is 2.50. The highest BCUT2D eigenvalue weighted by molar-refractivity contribution is 14.1. The molecular weight excluding hydrogens is 273 g/mol. The zero-order valence-electron chi connectivity index (χ0n) is 9.02. The van der Waals surface area contributed by atoms with Gasteiger partial charge in [-0.1, -0.05) is 42.9 Å². The molecule has 78 valence electrons.